The van der Waals surface area contributed by atoms with Crippen molar-refractivity contribution in [3.05, 3.63) is 95.0 Å². The number of anilines is 1. The van der Waals surface area contributed by atoms with Gasteiger partial charge in [-0.3, -0.25) is 19.3 Å². The number of nitrogens with one attached hydrogen (secondary N) is 1. The number of carbonyl (C=O) groups is 3. The molecule has 0 aliphatic carbocycles. The van der Waals surface area contributed by atoms with Gasteiger partial charge in [0.15, 0.2) is 5.78 Å². The second kappa shape index (κ2) is 10.3. The molecule has 3 aromatic carbocycles. The predicted octanol–water partition coefficient (Wildman–Crippen LogP) is 3.55. The maximum absolute atomic E-state index is 13.7. The number of imidazole rings is 1. The summed E-state index contributed by atoms with van der Waals surface area (Å²) in [5, 5.41) is 11.7. The average molecular weight is 555 g/mol. The number of ketones is 1. The first-order valence-electron chi connectivity index (χ1n) is 12.5. The molecule has 0 saturated carbocycles. The Balaban J connectivity index is 1.36. The SMILES string of the molecule is CC(=O)c1ccc2nc(C(Cc3ccccc3)N3CC(=O)N(c4cc(Cl)ccc4-n4cnnn4)CC3=O)[nH]c2c1. The highest BCUT2D eigenvalue weighted by Gasteiger charge is 2.38. The molecular formula is C28H23ClN8O3. The van der Waals surface area contributed by atoms with Crippen molar-refractivity contribution in [3.8, 4) is 5.69 Å². The zero-order chi connectivity index (χ0) is 27.8. The highest BCUT2D eigenvalue weighted by Crippen LogP contribution is 2.32. The summed E-state index contributed by atoms with van der Waals surface area (Å²) in [6.45, 7) is 1.13. The highest BCUT2D eigenvalue weighted by molar-refractivity contribution is 6.31. The summed E-state index contributed by atoms with van der Waals surface area (Å²) in [7, 11) is 0. The van der Waals surface area contributed by atoms with Crippen molar-refractivity contribution in [3.63, 3.8) is 0 Å². The number of hydrogen-bond donors (Lipinski definition) is 1. The van der Waals surface area contributed by atoms with Crippen molar-refractivity contribution in [2.24, 2.45) is 0 Å². The number of fused-ring (bicyclic) bond motifs is 1. The Morgan fingerprint density at radius 3 is 2.58 bits per heavy atom. The topological polar surface area (TPSA) is 130 Å². The Hall–Kier alpha value is -4.90. The zero-order valence-electron chi connectivity index (χ0n) is 21.4. The van der Waals surface area contributed by atoms with Gasteiger partial charge in [-0.15, -0.1) is 5.10 Å². The third-order valence-electron chi connectivity index (χ3n) is 6.91. The first-order chi connectivity index (χ1) is 19.4. The van der Waals surface area contributed by atoms with Crippen LogP contribution in [0.2, 0.25) is 5.02 Å². The van der Waals surface area contributed by atoms with E-state index in [1.54, 1.807) is 41.3 Å². The number of rotatable bonds is 7. The van der Waals surface area contributed by atoms with Crippen LogP contribution in [0, 0.1) is 0 Å². The molecule has 1 unspecified atom stereocenters. The van der Waals surface area contributed by atoms with Crippen molar-refractivity contribution >= 4 is 45.9 Å². The van der Waals surface area contributed by atoms with Crippen molar-refractivity contribution in [2.75, 3.05) is 18.0 Å². The van der Waals surface area contributed by atoms with Gasteiger partial charge in [0.2, 0.25) is 11.8 Å². The van der Waals surface area contributed by atoms with E-state index in [0.29, 0.717) is 45.2 Å². The fourth-order valence-electron chi connectivity index (χ4n) is 4.91. The highest BCUT2D eigenvalue weighted by atomic mass is 35.5. The minimum Gasteiger partial charge on any atom is -0.340 e. The van der Waals surface area contributed by atoms with Crippen LogP contribution < -0.4 is 4.90 Å². The third-order valence-corrected chi connectivity index (χ3v) is 7.15. The number of Topliss-reactive ketones (excluding diaryl/α,β-unsaturated/α-hetero) is 1. The fraction of sp³-hybridized carbons (Fsp3) is 0.179. The van der Waals surface area contributed by atoms with E-state index in [9.17, 15) is 14.4 Å². The summed E-state index contributed by atoms with van der Waals surface area (Å²) in [6.07, 6.45) is 1.84. The number of aromatic nitrogens is 6. The Bertz CT molecular complexity index is 1740. The van der Waals surface area contributed by atoms with Crippen molar-refractivity contribution in [1.82, 2.24) is 35.1 Å². The first-order valence-corrected chi connectivity index (χ1v) is 12.9. The maximum atomic E-state index is 13.7. The van der Waals surface area contributed by atoms with Gasteiger partial charge in [0.1, 0.15) is 25.2 Å². The smallest absolute Gasteiger partial charge is 0.247 e. The van der Waals surface area contributed by atoms with Gasteiger partial charge in [-0.25, -0.2) is 4.98 Å². The molecule has 6 rings (SSSR count). The fourth-order valence-corrected chi connectivity index (χ4v) is 5.08. The lowest BCUT2D eigenvalue weighted by Crippen LogP contribution is -2.55. The molecule has 1 aliphatic heterocycles. The van der Waals surface area contributed by atoms with Crippen molar-refractivity contribution in [1.29, 1.82) is 0 Å². The van der Waals surface area contributed by atoms with Crippen LogP contribution in [0.5, 0.6) is 0 Å². The average Bonchev–Trinajstić information content (AvgIpc) is 3.63. The lowest BCUT2D eigenvalue weighted by atomic mass is 10.0. The number of tetrazole rings is 1. The number of hydrogen-bond acceptors (Lipinski definition) is 7. The number of H-pyrrole nitrogens is 1. The van der Waals surface area contributed by atoms with Crippen LogP contribution in [0.1, 0.15) is 34.7 Å². The quantitative estimate of drug-likeness (QED) is 0.304. The molecule has 1 N–H and O–H groups in total. The Labute approximate surface area is 233 Å². The predicted molar refractivity (Wildman–Crippen MR) is 147 cm³/mol. The van der Waals surface area contributed by atoms with Gasteiger partial charge < -0.3 is 9.88 Å². The molecule has 12 heteroatoms. The number of nitrogens with zero attached hydrogens (tertiary/aromatic N) is 7. The second-order valence-electron chi connectivity index (χ2n) is 9.50. The molecule has 11 nitrogen and oxygen atoms in total. The van der Waals surface area contributed by atoms with Crippen LogP contribution in [0.15, 0.2) is 73.1 Å². The molecule has 3 heterocycles. The zero-order valence-corrected chi connectivity index (χ0v) is 22.1. The number of piperazine rings is 1. The van der Waals surface area contributed by atoms with Crippen LogP contribution in [0.4, 0.5) is 5.69 Å². The lowest BCUT2D eigenvalue weighted by Gasteiger charge is -2.38. The van der Waals surface area contributed by atoms with Crippen LogP contribution in [0.25, 0.3) is 16.7 Å². The minimum atomic E-state index is -0.549. The van der Waals surface area contributed by atoms with Gasteiger partial charge >= 0.3 is 0 Å². The van der Waals surface area contributed by atoms with Gasteiger partial charge in [-0.05, 0) is 59.3 Å². The third kappa shape index (κ3) is 4.82. The van der Waals surface area contributed by atoms with E-state index in [-0.39, 0.29) is 30.7 Å². The molecule has 1 aliphatic rings. The normalized spacial score (nSPS) is 14.7. The molecule has 1 saturated heterocycles. The first kappa shape index (κ1) is 25.4. The van der Waals surface area contributed by atoms with E-state index < -0.39 is 6.04 Å². The van der Waals surface area contributed by atoms with Gasteiger partial charge in [0, 0.05) is 17.0 Å². The Kier molecular flexibility index (Phi) is 6.56. The van der Waals surface area contributed by atoms with E-state index in [2.05, 4.69) is 20.5 Å². The van der Waals surface area contributed by atoms with Gasteiger partial charge in [-0.2, -0.15) is 4.68 Å². The molecule has 1 fully saturated rings. The summed E-state index contributed by atoms with van der Waals surface area (Å²) in [5.74, 6) is -0.0681. The molecule has 200 valence electrons. The number of benzene rings is 3. The number of aromatic amines is 1. The van der Waals surface area contributed by atoms with Crippen molar-refractivity contribution in [2.45, 2.75) is 19.4 Å². The largest absolute Gasteiger partial charge is 0.340 e. The molecule has 0 spiro atoms. The Morgan fingerprint density at radius 1 is 1.00 bits per heavy atom. The monoisotopic (exact) mass is 554 g/mol. The van der Waals surface area contributed by atoms with E-state index in [0.717, 1.165) is 5.56 Å². The van der Waals surface area contributed by atoms with Crippen LogP contribution in [-0.2, 0) is 16.0 Å². The molecule has 2 amide bonds. The number of carbonyl (C=O) groups excluding carboxylic acids is 3. The molecule has 2 aromatic heterocycles. The molecular weight excluding hydrogens is 532 g/mol. The van der Waals surface area contributed by atoms with Gasteiger partial charge in [0.05, 0.1) is 28.5 Å². The summed E-state index contributed by atoms with van der Waals surface area (Å²) in [6, 6.07) is 19.4. The summed E-state index contributed by atoms with van der Waals surface area (Å²) < 4.78 is 1.41. The van der Waals surface area contributed by atoms with E-state index in [1.165, 1.54) is 22.8 Å². The second-order valence-corrected chi connectivity index (χ2v) is 9.94. The van der Waals surface area contributed by atoms with Crippen LogP contribution in [-0.4, -0.2) is 65.8 Å². The lowest BCUT2D eigenvalue weighted by molar-refractivity contribution is -0.141. The summed E-state index contributed by atoms with van der Waals surface area (Å²) >= 11 is 6.27. The number of amides is 2. The molecule has 5 aromatic rings. The van der Waals surface area contributed by atoms with Gasteiger partial charge in [-0.1, -0.05) is 41.9 Å². The molecule has 40 heavy (non-hydrogen) atoms. The standard InChI is InChI=1S/C28H23ClN8O3/c1-17(38)19-7-9-21-22(12-19)32-28(31-21)25(11-18-5-3-2-4-6-18)36-15-26(39)35(14-27(36)40)24-13-20(29)8-10-23(24)37-16-30-33-34-37/h2-10,12-13,16,25H,11,14-15H2,1H3,(H,31,32). The van der Waals surface area contributed by atoms with Gasteiger partial charge in [0.25, 0.3) is 0 Å². The Morgan fingerprint density at radius 2 is 1.82 bits per heavy atom. The maximum Gasteiger partial charge on any atom is 0.247 e. The van der Waals surface area contributed by atoms with E-state index >= 15 is 0 Å². The summed E-state index contributed by atoms with van der Waals surface area (Å²) in [4.78, 5) is 50.3. The van der Waals surface area contributed by atoms with Crippen LogP contribution >= 0.6 is 11.6 Å². The summed E-state index contributed by atoms with van der Waals surface area (Å²) in [5.41, 5.74) is 3.84. The molecule has 0 radical (unpaired) electrons. The molecule has 0 bridgehead atoms. The molecule has 1 atom stereocenters. The van der Waals surface area contributed by atoms with E-state index in [4.69, 9.17) is 16.6 Å². The minimum absolute atomic E-state index is 0.0576. The van der Waals surface area contributed by atoms with Crippen molar-refractivity contribution < 1.29 is 14.4 Å². The van der Waals surface area contributed by atoms with Crippen LogP contribution in [0.3, 0.4) is 0 Å². The van der Waals surface area contributed by atoms with E-state index in [1.807, 2.05) is 30.3 Å². The number of halogens is 1.